The van der Waals surface area contributed by atoms with Crippen molar-refractivity contribution in [3.63, 3.8) is 0 Å². The fraction of sp³-hybridized carbons (Fsp3) is 0.533. The first-order valence-electron chi connectivity index (χ1n) is 6.99. The monoisotopic (exact) mass is 261 g/mol. The summed E-state index contributed by atoms with van der Waals surface area (Å²) in [6, 6.07) is 8.26. The number of rotatable bonds is 5. The molecule has 0 aromatic heterocycles. The van der Waals surface area contributed by atoms with E-state index in [0.717, 1.165) is 5.56 Å². The Balaban J connectivity index is 1.79. The fourth-order valence-electron chi connectivity index (χ4n) is 2.37. The number of benzene rings is 1. The highest BCUT2D eigenvalue weighted by Crippen LogP contribution is 2.21. The van der Waals surface area contributed by atoms with Gasteiger partial charge in [0.05, 0.1) is 19.3 Å². The van der Waals surface area contributed by atoms with Crippen LogP contribution in [0, 0.1) is 0 Å². The van der Waals surface area contributed by atoms with E-state index in [1.54, 1.807) is 0 Å². The van der Waals surface area contributed by atoms with Crippen LogP contribution in [-0.4, -0.2) is 12.1 Å². The first kappa shape index (κ1) is 13.9. The quantitative estimate of drug-likeness (QED) is 0.631. The normalized spacial score (nSPS) is 16.2. The van der Waals surface area contributed by atoms with E-state index in [1.807, 2.05) is 12.1 Å². The molecule has 0 unspecified atom stereocenters. The zero-order valence-corrected chi connectivity index (χ0v) is 11.3. The molecule has 1 saturated carbocycles. The number of hydrogen-bond donors (Lipinski definition) is 2. The van der Waals surface area contributed by atoms with Gasteiger partial charge in [0, 0.05) is 0 Å². The summed E-state index contributed by atoms with van der Waals surface area (Å²) in [7, 11) is 0. The van der Waals surface area contributed by atoms with Crippen LogP contribution in [0.5, 0.6) is 0 Å². The van der Waals surface area contributed by atoms with Crippen molar-refractivity contribution in [3.8, 4) is 0 Å². The number of aliphatic imine (C=N–C) groups is 1. The Morgan fingerprint density at radius 3 is 2.32 bits per heavy atom. The van der Waals surface area contributed by atoms with E-state index in [2.05, 4.69) is 17.1 Å². The van der Waals surface area contributed by atoms with Gasteiger partial charge in [-0.1, -0.05) is 43.5 Å². The predicted molar refractivity (Wildman–Crippen MR) is 77.6 cm³/mol. The van der Waals surface area contributed by atoms with Crippen molar-refractivity contribution in [2.75, 3.05) is 0 Å². The molecule has 0 amide bonds. The molecule has 1 aromatic carbocycles. The Morgan fingerprint density at radius 2 is 1.68 bits per heavy atom. The maximum absolute atomic E-state index is 5.94. The first-order chi connectivity index (χ1) is 9.24. The summed E-state index contributed by atoms with van der Waals surface area (Å²) < 4.78 is 5.94. The van der Waals surface area contributed by atoms with Gasteiger partial charge in [-0.2, -0.15) is 0 Å². The van der Waals surface area contributed by atoms with E-state index in [0.29, 0.717) is 19.3 Å². The molecule has 0 radical (unpaired) electrons. The summed E-state index contributed by atoms with van der Waals surface area (Å²) >= 11 is 0. The van der Waals surface area contributed by atoms with Crippen LogP contribution in [0.15, 0.2) is 29.3 Å². The number of nitrogens with two attached hydrogens (primary N) is 2. The highest BCUT2D eigenvalue weighted by molar-refractivity contribution is 5.75. The smallest absolute Gasteiger partial charge is 0.186 e. The minimum absolute atomic E-state index is 0.129. The molecule has 4 heteroatoms. The largest absolute Gasteiger partial charge is 0.374 e. The highest BCUT2D eigenvalue weighted by Gasteiger charge is 2.13. The molecule has 19 heavy (non-hydrogen) atoms. The standard InChI is InChI=1S/C15H23N3O/c16-15(17)18-10-12-6-8-13(9-7-12)11-19-14-4-2-1-3-5-14/h6-9,14H,1-5,10-11H2,(H4,16,17,18). The summed E-state index contributed by atoms with van der Waals surface area (Å²) in [5, 5.41) is 0. The Bertz CT molecular complexity index is 404. The van der Waals surface area contributed by atoms with Crippen LogP contribution in [0.3, 0.4) is 0 Å². The molecular weight excluding hydrogens is 238 g/mol. The number of ether oxygens (including phenoxy) is 1. The van der Waals surface area contributed by atoms with Crippen LogP contribution in [-0.2, 0) is 17.9 Å². The number of guanidine groups is 1. The van der Waals surface area contributed by atoms with Crippen molar-refractivity contribution in [2.24, 2.45) is 16.5 Å². The van der Waals surface area contributed by atoms with Gasteiger partial charge in [0.15, 0.2) is 5.96 Å². The van der Waals surface area contributed by atoms with Crippen molar-refractivity contribution < 1.29 is 4.74 Å². The van der Waals surface area contributed by atoms with E-state index in [1.165, 1.54) is 37.7 Å². The maximum Gasteiger partial charge on any atom is 0.186 e. The fourth-order valence-corrected chi connectivity index (χ4v) is 2.37. The second kappa shape index (κ2) is 7.14. The van der Waals surface area contributed by atoms with Gasteiger partial charge in [0.1, 0.15) is 0 Å². The lowest BCUT2D eigenvalue weighted by Crippen LogP contribution is -2.22. The molecule has 0 bridgehead atoms. The lowest BCUT2D eigenvalue weighted by atomic mass is 9.98. The summed E-state index contributed by atoms with van der Waals surface area (Å²) in [4.78, 5) is 3.98. The molecule has 0 heterocycles. The third kappa shape index (κ3) is 4.91. The average molecular weight is 261 g/mol. The molecule has 0 aliphatic heterocycles. The van der Waals surface area contributed by atoms with E-state index in [4.69, 9.17) is 16.2 Å². The van der Waals surface area contributed by atoms with Crippen molar-refractivity contribution in [3.05, 3.63) is 35.4 Å². The van der Waals surface area contributed by atoms with Gasteiger partial charge in [-0.3, -0.25) is 0 Å². The zero-order chi connectivity index (χ0) is 13.5. The van der Waals surface area contributed by atoms with Crippen LogP contribution in [0.25, 0.3) is 0 Å². The number of nitrogens with zero attached hydrogens (tertiary/aromatic N) is 1. The third-order valence-electron chi connectivity index (χ3n) is 3.51. The van der Waals surface area contributed by atoms with Crippen LogP contribution in [0.2, 0.25) is 0 Å². The molecular formula is C15H23N3O. The van der Waals surface area contributed by atoms with Crippen LogP contribution in [0.4, 0.5) is 0 Å². The molecule has 2 rings (SSSR count). The molecule has 0 spiro atoms. The molecule has 4 nitrogen and oxygen atoms in total. The van der Waals surface area contributed by atoms with Gasteiger partial charge >= 0.3 is 0 Å². The summed E-state index contributed by atoms with van der Waals surface area (Å²) in [5.41, 5.74) is 12.9. The SMILES string of the molecule is NC(N)=NCc1ccc(COC2CCCCC2)cc1. The molecule has 1 aromatic rings. The predicted octanol–water partition coefficient (Wildman–Crippen LogP) is 2.31. The van der Waals surface area contributed by atoms with Crippen molar-refractivity contribution in [1.82, 2.24) is 0 Å². The van der Waals surface area contributed by atoms with Gasteiger partial charge < -0.3 is 16.2 Å². The van der Waals surface area contributed by atoms with Gasteiger partial charge in [0.2, 0.25) is 0 Å². The van der Waals surface area contributed by atoms with Crippen molar-refractivity contribution in [2.45, 2.75) is 51.4 Å². The maximum atomic E-state index is 5.94. The Hall–Kier alpha value is -1.55. The van der Waals surface area contributed by atoms with Crippen molar-refractivity contribution >= 4 is 5.96 Å². The summed E-state index contributed by atoms with van der Waals surface area (Å²) in [5.74, 6) is 0.129. The van der Waals surface area contributed by atoms with Crippen LogP contribution in [0.1, 0.15) is 43.2 Å². The number of hydrogen-bond acceptors (Lipinski definition) is 2. The van der Waals surface area contributed by atoms with Gasteiger partial charge in [0.25, 0.3) is 0 Å². The van der Waals surface area contributed by atoms with Crippen molar-refractivity contribution in [1.29, 1.82) is 0 Å². The summed E-state index contributed by atoms with van der Waals surface area (Å²) in [6.07, 6.45) is 6.85. The third-order valence-corrected chi connectivity index (χ3v) is 3.51. The van der Waals surface area contributed by atoms with E-state index in [-0.39, 0.29) is 5.96 Å². The zero-order valence-electron chi connectivity index (χ0n) is 11.3. The van der Waals surface area contributed by atoms with E-state index >= 15 is 0 Å². The van der Waals surface area contributed by atoms with E-state index < -0.39 is 0 Å². The molecule has 1 aliphatic carbocycles. The average Bonchev–Trinajstić information content (AvgIpc) is 2.45. The van der Waals surface area contributed by atoms with Gasteiger partial charge in [-0.05, 0) is 24.0 Å². The molecule has 1 fully saturated rings. The van der Waals surface area contributed by atoms with Gasteiger partial charge in [-0.25, -0.2) is 4.99 Å². The Kier molecular flexibility index (Phi) is 5.21. The minimum Gasteiger partial charge on any atom is -0.374 e. The topological polar surface area (TPSA) is 73.6 Å². The molecule has 104 valence electrons. The summed E-state index contributed by atoms with van der Waals surface area (Å²) in [6.45, 7) is 1.24. The highest BCUT2D eigenvalue weighted by atomic mass is 16.5. The first-order valence-corrected chi connectivity index (χ1v) is 6.99. The van der Waals surface area contributed by atoms with Crippen LogP contribution < -0.4 is 11.5 Å². The Morgan fingerprint density at radius 1 is 1.05 bits per heavy atom. The second-order valence-electron chi connectivity index (χ2n) is 5.13. The Labute approximate surface area is 114 Å². The lowest BCUT2D eigenvalue weighted by molar-refractivity contribution is 0.0169. The minimum atomic E-state index is 0.129. The van der Waals surface area contributed by atoms with Crippen LogP contribution >= 0.6 is 0 Å². The second-order valence-corrected chi connectivity index (χ2v) is 5.13. The molecule has 0 saturated heterocycles. The van der Waals surface area contributed by atoms with E-state index in [9.17, 15) is 0 Å². The molecule has 0 atom stereocenters. The van der Waals surface area contributed by atoms with Gasteiger partial charge in [-0.15, -0.1) is 0 Å². The molecule has 4 N–H and O–H groups in total. The molecule has 1 aliphatic rings. The lowest BCUT2D eigenvalue weighted by Gasteiger charge is -2.22.